The van der Waals surface area contributed by atoms with E-state index in [1.807, 2.05) is 24.8 Å². The standard InChI is InChI=1S/C81H52N10/c1-4-25-53(26-5-1)85-66-39-16-20-43-70(66)90(71-44-21-17-40-67(71)85)80-78(88-64-37-14-10-31-56(64)59-47-49-82-51-74(59)88)76(62-35-24-34-61-58-33-12-13-36-63(58)87(77(61)62)55-29-8-3-9-30-55)79(89-65-38-15-11-32-57(65)60-48-50-83-52-75(60)89)81(84-80)91-72-45-22-18-41-68(72)86(54-27-6-2-7-28-54)69-42-19-23-46-73(69)91/h1-52H. The molecule has 17 aromatic rings. The van der Waals surface area contributed by atoms with Gasteiger partial charge in [0.2, 0.25) is 0 Å². The first-order valence-corrected chi connectivity index (χ1v) is 30.8. The number of benzene rings is 11. The monoisotopic (exact) mass is 1160 g/mol. The van der Waals surface area contributed by atoms with E-state index < -0.39 is 0 Å². The Morgan fingerprint density at radius 3 is 0.967 bits per heavy atom. The van der Waals surface area contributed by atoms with Gasteiger partial charge < -0.3 is 23.5 Å². The van der Waals surface area contributed by atoms with Crippen LogP contribution in [0.5, 0.6) is 0 Å². The van der Waals surface area contributed by atoms with Crippen LogP contribution < -0.4 is 19.6 Å². The minimum Gasteiger partial charge on any atom is -0.309 e. The van der Waals surface area contributed by atoms with Gasteiger partial charge in [0.25, 0.3) is 0 Å². The summed E-state index contributed by atoms with van der Waals surface area (Å²) in [6.45, 7) is 0. The van der Waals surface area contributed by atoms with Gasteiger partial charge in [0.05, 0.1) is 91.0 Å². The van der Waals surface area contributed by atoms with Crippen molar-refractivity contribution >= 4 is 134 Å². The number of nitrogens with zero attached hydrogens (tertiary/aromatic N) is 10. The zero-order chi connectivity index (χ0) is 59.7. The Hall–Kier alpha value is -12.5. The second kappa shape index (κ2) is 20.0. The fourth-order valence-electron chi connectivity index (χ4n) is 14.8. The molecule has 0 spiro atoms. The van der Waals surface area contributed by atoms with Crippen molar-refractivity contribution in [3.8, 4) is 28.2 Å². The van der Waals surface area contributed by atoms with Crippen molar-refractivity contribution < 1.29 is 0 Å². The molecule has 11 aromatic carbocycles. The molecule has 0 unspecified atom stereocenters. The topological polar surface area (TPSA) is 66.4 Å². The summed E-state index contributed by atoms with van der Waals surface area (Å²) >= 11 is 0. The van der Waals surface area contributed by atoms with Crippen molar-refractivity contribution in [2.24, 2.45) is 0 Å². The molecule has 2 aliphatic heterocycles. The Balaban J connectivity index is 1.10. The van der Waals surface area contributed by atoms with Crippen molar-refractivity contribution in [2.45, 2.75) is 0 Å². The van der Waals surface area contributed by atoms with Crippen LogP contribution in [0.1, 0.15) is 0 Å². The third-order valence-corrected chi connectivity index (χ3v) is 18.4. The van der Waals surface area contributed by atoms with E-state index in [-0.39, 0.29) is 0 Å². The Bertz CT molecular complexity index is 5300. The molecule has 0 saturated carbocycles. The van der Waals surface area contributed by atoms with Crippen molar-refractivity contribution in [2.75, 3.05) is 19.6 Å². The van der Waals surface area contributed by atoms with E-state index in [4.69, 9.17) is 15.0 Å². The number of para-hydroxylation sites is 15. The van der Waals surface area contributed by atoms with E-state index in [9.17, 15) is 0 Å². The molecule has 91 heavy (non-hydrogen) atoms. The number of fused-ring (bicyclic) bond motifs is 13. The number of rotatable bonds is 8. The summed E-state index contributed by atoms with van der Waals surface area (Å²) in [5.41, 5.74) is 20.6. The van der Waals surface area contributed by atoms with E-state index in [0.29, 0.717) is 11.6 Å². The van der Waals surface area contributed by atoms with E-state index in [2.05, 4.69) is 324 Å². The van der Waals surface area contributed by atoms with E-state index in [1.54, 1.807) is 0 Å². The van der Waals surface area contributed by atoms with Crippen molar-refractivity contribution in [1.29, 1.82) is 0 Å². The first-order chi connectivity index (χ1) is 45.3. The molecular formula is C81H52N10. The molecule has 19 rings (SSSR count). The van der Waals surface area contributed by atoms with E-state index in [0.717, 1.165) is 150 Å². The molecule has 10 nitrogen and oxygen atoms in total. The largest absolute Gasteiger partial charge is 0.309 e. The zero-order valence-electron chi connectivity index (χ0n) is 49.0. The minimum atomic E-state index is 0.701. The number of pyridine rings is 3. The SMILES string of the molecule is c1ccc(N2c3ccccc3N(c3nc(N4c5ccccc5N(c5ccccc5)c5ccccc54)c(-n4c5ccccc5c5ccncc54)c(-c4cccc5c6ccccc6n(-c6ccccc6)c45)c3-n3c4ccccc4c4ccncc43)c3ccccc32)cc1. The first kappa shape index (κ1) is 50.6. The fourth-order valence-corrected chi connectivity index (χ4v) is 14.8. The summed E-state index contributed by atoms with van der Waals surface area (Å²) in [7, 11) is 0. The molecule has 6 aromatic heterocycles. The molecule has 0 amide bonds. The average molecular weight is 1170 g/mol. The number of hydrogen-bond donors (Lipinski definition) is 0. The summed E-state index contributed by atoms with van der Waals surface area (Å²) in [5, 5.41) is 6.58. The highest BCUT2D eigenvalue weighted by atomic mass is 15.4. The molecule has 2 aliphatic rings. The van der Waals surface area contributed by atoms with Crippen molar-refractivity contribution in [3.63, 3.8) is 0 Å². The Labute approximate surface area is 523 Å². The van der Waals surface area contributed by atoms with Gasteiger partial charge in [-0.1, -0.05) is 176 Å². The Kier molecular flexibility index (Phi) is 11.1. The van der Waals surface area contributed by atoms with Crippen LogP contribution in [-0.4, -0.2) is 28.7 Å². The van der Waals surface area contributed by atoms with E-state index in [1.165, 1.54) is 0 Å². The summed E-state index contributed by atoms with van der Waals surface area (Å²) in [5.74, 6) is 1.40. The molecule has 0 atom stereocenters. The van der Waals surface area contributed by atoms with Crippen LogP contribution in [0.2, 0.25) is 0 Å². The van der Waals surface area contributed by atoms with Crippen LogP contribution >= 0.6 is 0 Å². The molecule has 0 N–H and O–H groups in total. The van der Waals surface area contributed by atoms with Crippen LogP contribution in [0, 0.1) is 0 Å². The van der Waals surface area contributed by atoms with Gasteiger partial charge in [-0.2, -0.15) is 0 Å². The molecule has 0 saturated heterocycles. The fraction of sp³-hybridized carbons (Fsp3) is 0. The second-order valence-corrected chi connectivity index (χ2v) is 23.2. The minimum absolute atomic E-state index is 0.701. The quantitative estimate of drug-likeness (QED) is 0.150. The lowest BCUT2D eigenvalue weighted by atomic mass is 9.96. The highest BCUT2D eigenvalue weighted by Gasteiger charge is 2.41. The molecule has 0 bridgehead atoms. The van der Waals surface area contributed by atoms with Crippen LogP contribution in [0.3, 0.4) is 0 Å². The molecular weight excluding hydrogens is 1110 g/mol. The maximum absolute atomic E-state index is 6.67. The maximum Gasteiger partial charge on any atom is 0.165 e. The highest BCUT2D eigenvalue weighted by molar-refractivity contribution is 6.20. The first-order valence-electron chi connectivity index (χ1n) is 30.8. The van der Waals surface area contributed by atoms with Crippen LogP contribution in [0.25, 0.3) is 93.6 Å². The van der Waals surface area contributed by atoms with Gasteiger partial charge in [0.15, 0.2) is 11.6 Å². The third-order valence-electron chi connectivity index (χ3n) is 18.4. The van der Waals surface area contributed by atoms with Crippen LogP contribution in [0.4, 0.5) is 68.5 Å². The maximum atomic E-state index is 6.67. The van der Waals surface area contributed by atoms with Gasteiger partial charge in [-0.05, 0) is 115 Å². The lowest BCUT2D eigenvalue weighted by molar-refractivity contribution is 1.03. The highest BCUT2D eigenvalue weighted by Crippen LogP contribution is 2.61. The van der Waals surface area contributed by atoms with Crippen molar-refractivity contribution in [1.82, 2.24) is 28.7 Å². The number of hydrogen-bond acceptors (Lipinski definition) is 7. The average Bonchev–Trinajstić information content (AvgIpc) is 1.69. The van der Waals surface area contributed by atoms with Crippen LogP contribution in [-0.2, 0) is 0 Å². The van der Waals surface area contributed by atoms with Gasteiger partial charge in [-0.25, -0.2) is 4.98 Å². The lowest BCUT2D eigenvalue weighted by Crippen LogP contribution is -2.28. The van der Waals surface area contributed by atoms with Crippen LogP contribution in [0.15, 0.2) is 316 Å². The molecule has 0 fully saturated rings. The Morgan fingerprint density at radius 1 is 0.231 bits per heavy atom. The Morgan fingerprint density at radius 2 is 0.549 bits per heavy atom. The number of anilines is 12. The molecule has 426 valence electrons. The zero-order valence-corrected chi connectivity index (χ0v) is 49.0. The van der Waals surface area contributed by atoms with Gasteiger partial charge >= 0.3 is 0 Å². The normalized spacial score (nSPS) is 12.7. The van der Waals surface area contributed by atoms with Gasteiger partial charge in [0, 0.05) is 72.9 Å². The van der Waals surface area contributed by atoms with Gasteiger partial charge in [-0.3, -0.25) is 19.8 Å². The molecule has 10 heteroatoms. The summed E-state index contributed by atoms with van der Waals surface area (Å²) in [4.78, 5) is 26.4. The van der Waals surface area contributed by atoms with Crippen molar-refractivity contribution in [3.05, 3.63) is 316 Å². The van der Waals surface area contributed by atoms with E-state index >= 15 is 0 Å². The summed E-state index contributed by atoms with van der Waals surface area (Å²) in [6.07, 6.45) is 7.90. The lowest BCUT2D eigenvalue weighted by Gasteiger charge is -2.43. The summed E-state index contributed by atoms with van der Waals surface area (Å²) < 4.78 is 7.40. The van der Waals surface area contributed by atoms with Gasteiger partial charge in [-0.15, -0.1) is 0 Å². The molecule has 0 aliphatic carbocycles. The summed E-state index contributed by atoms with van der Waals surface area (Å²) in [6, 6.07) is 105. The number of aromatic nitrogens is 6. The second-order valence-electron chi connectivity index (χ2n) is 23.2. The predicted octanol–water partition coefficient (Wildman–Crippen LogP) is 21.3. The predicted molar refractivity (Wildman–Crippen MR) is 374 cm³/mol. The molecule has 0 radical (unpaired) electrons. The smallest absolute Gasteiger partial charge is 0.165 e. The van der Waals surface area contributed by atoms with Gasteiger partial charge in [0.1, 0.15) is 11.4 Å². The third kappa shape index (κ3) is 7.38. The molecule has 8 heterocycles.